The Bertz CT molecular complexity index is 3870. The van der Waals surface area contributed by atoms with Crippen molar-refractivity contribution in [3.8, 4) is 55.6 Å². The summed E-state index contributed by atoms with van der Waals surface area (Å²) in [6, 6.07) is 81.8. The van der Waals surface area contributed by atoms with Gasteiger partial charge in [-0.15, -0.1) is 0 Å². The molecule has 1 aliphatic rings. The van der Waals surface area contributed by atoms with E-state index in [1.165, 1.54) is 131 Å². The molecule has 12 aromatic rings. The smallest absolute Gasteiger partial charge is 0.0159 e. The maximum atomic E-state index is 2.43. The lowest BCUT2D eigenvalue weighted by molar-refractivity contribution is 0.661. The van der Waals surface area contributed by atoms with E-state index in [4.69, 9.17) is 0 Å². The Hall–Kier alpha value is -7.80. The molecule has 0 heterocycles. The Labute approximate surface area is 367 Å². The van der Waals surface area contributed by atoms with Gasteiger partial charge < -0.3 is 0 Å². The highest BCUT2D eigenvalue weighted by Gasteiger charge is 2.36. The van der Waals surface area contributed by atoms with E-state index in [1.54, 1.807) is 0 Å². The average molecular weight is 799 g/mol. The van der Waals surface area contributed by atoms with Crippen LogP contribution in [0.15, 0.2) is 218 Å². The van der Waals surface area contributed by atoms with E-state index in [0.717, 1.165) is 0 Å². The zero-order valence-corrected chi connectivity index (χ0v) is 35.3. The molecule has 0 amide bonds. The standard InChI is InChI=1S/C63H42/c1-63(2)59-37-48(39-10-4-3-5-11-39)28-30-55(59)56-31-29-49(38-60(56)63)46-25-24-43-32-45(23-22-44(43)33-46)47-21-16-40-17-26-50(35-52(40)34-47)58-36-51-27-20-42-19-18-41-12-6-7-13-53(41)61(42)62(51)57-15-9-8-14-54(57)58/h3-38H,1-2H3. The Kier molecular flexibility index (Phi) is 7.75. The fourth-order valence-corrected chi connectivity index (χ4v) is 10.9. The number of rotatable bonds is 4. The highest BCUT2D eigenvalue weighted by molar-refractivity contribution is 6.29. The first kappa shape index (κ1) is 35.9. The van der Waals surface area contributed by atoms with Crippen molar-refractivity contribution in [1.82, 2.24) is 0 Å². The molecule has 13 rings (SSSR count). The summed E-state index contributed by atoms with van der Waals surface area (Å²) in [4.78, 5) is 0. The first-order valence-electron chi connectivity index (χ1n) is 22.1. The Morgan fingerprint density at radius 3 is 1.37 bits per heavy atom. The van der Waals surface area contributed by atoms with Crippen LogP contribution in [0.4, 0.5) is 0 Å². The molecule has 0 bridgehead atoms. The molecule has 0 fully saturated rings. The van der Waals surface area contributed by atoms with Gasteiger partial charge >= 0.3 is 0 Å². The summed E-state index contributed by atoms with van der Waals surface area (Å²) in [7, 11) is 0. The molecule has 0 spiro atoms. The van der Waals surface area contributed by atoms with Gasteiger partial charge in [0.05, 0.1) is 0 Å². The Morgan fingerprint density at radius 2 is 0.683 bits per heavy atom. The first-order valence-corrected chi connectivity index (χ1v) is 22.1. The van der Waals surface area contributed by atoms with Crippen molar-refractivity contribution >= 4 is 64.6 Å². The molecule has 12 aromatic carbocycles. The average Bonchev–Trinajstić information content (AvgIpc) is 3.57. The van der Waals surface area contributed by atoms with Crippen LogP contribution in [0.2, 0.25) is 0 Å². The second-order valence-corrected chi connectivity index (χ2v) is 18.1. The van der Waals surface area contributed by atoms with Crippen LogP contribution >= 0.6 is 0 Å². The molecular formula is C63H42. The summed E-state index contributed by atoms with van der Waals surface area (Å²) < 4.78 is 0. The molecule has 0 aliphatic heterocycles. The molecule has 0 saturated carbocycles. The SMILES string of the molecule is CC1(C)c2cc(-c3ccccc3)ccc2-c2ccc(-c3ccc4cc(-c5ccc6ccc(-c7cc8ccc9ccc%10ccccc%10c9c8c8ccccc78)cc6c5)ccc4c3)cc21. The first-order chi connectivity index (χ1) is 30.9. The third-order valence-corrected chi connectivity index (χ3v) is 14.2. The largest absolute Gasteiger partial charge is 0.0622 e. The quantitative estimate of drug-likeness (QED) is 0.156. The molecule has 0 unspecified atom stereocenters. The number of benzene rings is 12. The fraction of sp³-hybridized carbons (Fsp3) is 0.0476. The van der Waals surface area contributed by atoms with E-state index >= 15 is 0 Å². The van der Waals surface area contributed by atoms with Crippen LogP contribution in [0.1, 0.15) is 25.0 Å². The van der Waals surface area contributed by atoms with Crippen LogP contribution in [-0.2, 0) is 5.41 Å². The van der Waals surface area contributed by atoms with Crippen molar-refractivity contribution in [2.24, 2.45) is 0 Å². The van der Waals surface area contributed by atoms with Gasteiger partial charge in [-0.1, -0.05) is 190 Å². The van der Waals surface area contributed by atoms with Gasteiger partial charge in [0.25, 0.3) is 0 Å². The van der Waals surface area contributed by atoms with Crippen molar-refractivity contribution < 1.29 is 0 Å². The van der Waals surface area contributed by atoms with Crippen molar-refractivity contribution in [2.75, 3.05) is 0 Å². The van der Waals surface area contributed by atoms with Gasteiger partial charge in [0.2, 0.25) is 0 Å². The summed E-state index contributed by atoms with van der Waals surface area (Å²) >= 11 is 0. The fourth-order valence-electron chi connectivity index (χ4n) is 10.9. The van der Waals surface area contributed by atoms with Crippen LogP contribution in [0, 0.1) is 0 Å². The van der Waals surface area contributed by atoms with E-state index in [2.05, 4.69) is 232 Å². The van der Waals surface area contributed by atoms with Crippen molar-refractivity contribution in [2.45, 2.75) is 19.3 Å². The van der Waals surface area contributed by atoms with E-state index in [0.29, 0.717) is 0 Å². The molecular weight excluding hydrogens is 757 g/mol. The lowest BCUT2D eigenvalue weighted by atomic mass is 9.81. The number of fused-ring (bicyclic) bond motifs is 12. The van der Waals surface area contributed by atoms with E-state index in [1.807, 2.05) is 0 Å². The van der Waals surface area contributed by atoms with Crippen LogP contribution in [-0.4, -0.2) is 0 Å². The molecule has 0 heteroatoms. The molecule has 1 aliphatic carbocycles. The predicted molar refractivity (Wildman–Crippen MR) is 271 cm³/mol. The third kappa shape index (κ3) is 5.61. The zero-order chi connectivity index (χ0) is 41.8. The summed E-state index contributed by atoms with van der Waals surface area (Å²) in [6.45, 7) is 4.75. The maximum Gasteiger partial charge on any atom is 0.0159 e. The third-order valence-electron chi connectivity index (χ3n) is 14.2. The molecule has 63 heavy (non-hydrogen) atoms. The lowest BCUT2D eigenvalue weighted by Gasteiger charge is -2.22. The minimum Gasteiger partial charge on any atom is -0.0622 e. The Balaban J connectivity index is 0.844. The van der Waals surface area contributed by atoms with Crippen LogP contribution in [0.5, 0.6) is 0 Å². The molecule has 0 atom stereocenters. The minimum atomic E-state index is -0.0911. The molecule has 0 saturated heterocycles. The molecule has 0 aromatic heterocycles. The van der Waals surface area contributed by atoms with E-state index < -0.39 is 0 Å². The predicted octanol–water partition coefficient (Wildman–Crippen LogP) is 17.6. The van der Waals surface area contributed by atoms with Gasteiger partial charge in [-0.05, 0) is 174 Å². The Morgan fingerprint density at radius 1 is 0.238 bits per heavy atom. The monoisotopic (exact) mass is 798 g/mol. The van der Waals surface area contributed by atoms with Crippen molar-refractivity contribution in [1.29, 1.82) is 0 Å². The number of hydrogen-bond donors (Lipinski definition) is 0. The van der Waals surface area contributed by atoms with Crippen molar-refractivity contribution in [3.05, 3.63) is 230 Å². The normalized spacial score (nSPS) is 13.0. The second-order valence-electron chi connectivity index (χ2n) is 18.1. The van der Waals surface area contributed by atoms with E-state index in [9.17, 15) is 0 Å². The van der Waals surface area contributed by atoms with Gasteiger partial charge in [-0.3, -0.25) is 0 Å². The molecule has 0 radical (unpaired) electrons. The summed E-state index contributed by atoms with van der Waals surface area (Å²) in [5, 5.41) is 15.3. The van der Waals surface area contributed by atoms with Gasteiger partial charge in [-0.2, -0.15) is 0 Å². The van der Waals surface area contributed by atoms with Crippen LogP contribution < -0.4 is 0 Å². The second kappa shape index (κ2) is 13.6. The maximum absolute atomic E-state index is 2.43. The van der Waals surface area contributed by atoms with Gasteiger partial charge in [0.15, 0.2) is 0 Å². The van der Waals surface area contributed by atoms with Crippen LogP contribution in [0.3, 0.4) is 0 Å². The highest BCUT2D eigenvalue weighted by atomic mass is 14.4. The summed E-state index contributed by atoms with van der Waals surface area (Å²) in [5.74, 6) is 0. The molecule has 0 N–H and O–H groups in total. The topological polar surface area (TPSA) is 0 Å². The number of hydrogen-bond acceptors (Lipinski definition) is 0. The highest BCUT2D eigenvalue weighted by Crippen LogP contribution is 2.51. The van der Waals surface area contributed by atoms with Crippen LogP contribution in [0.25, 0.3) is 120 Å². The van der Waals surface area contributed by atoms with Crippen molar-refractivity contribution in [3.63, 3.8) is 0 Å². The van der Waals surface area contributed by atoms with Gasteiger partial charge in [0, 0.05) is 5.41 Å². The minimum absolute atomic E-state index is 0.0911. The molecule has 294 valence electrons. The van der Waals surface area contributed by atoms with Gasteiger partial charge in [-0.25, -0.2) is 0 Å². The summed E-state index contributed by atoms with van der Waals surface area (Å²) in [6.07, 6.45) is 0. The summed E-state index contributed by atoms with van der Waals surface area (Å²) in [5.41, 5.74) is 15.4. The molecule has 0 nitrogen and oxygen atoms in total. The lowest BCUT2D eigenvalue weighted by Crippen LogP contribution is -2.15. The van der Waals surface area contributed by atoms with E-state index in [-0.39, 0.29) is 5.41 Å². The van der Waals surface area contributed by atoms with Gasteiger partial charge in [0.1, 0.15) is 0 Å². The zero-order valence-electron chi connectivity index (χ0n) is 35.3.